The van der Waals surface area contributed by atoms with Crippen molar-refractivity contribution in [3.8, 4) is 5.75 Å². The van der Waals surface area contributed by atoms with Crippen LogP contribution in [0.4, 0.5) is 11.4 Å². The Bertz CT molecular complexity index is 931. The number of rotatable bonds is 4. The number of benzene rings is 2. The quantitative estimate of drug-likeness (QED) is 0.574. The molecule has 1 amide bonds. The highest BCUT2D eigenvalue weighted by Crippen LogP contribution is 2.52. The molecule has 2 aromatic rings. The summed E-state index contributed by atoms with van der Waals surface area (Å²) in [5.41, 5.74) is 2.42. The molecule has 1 aliphatic heterocycles. The van der Waals surface area contributed by atoms with E-state index >= 15 is 0 Å². The summed E-state index contributed by atoms with van der Waals surface area (Å²) < 4.78 is 17.6. The molecule has 0 radical (unpaired) electrons. The van der Waals surface area contributed by atoms with Crippen LogP contribution >= 0.6 is 7.60 Å². The maximum atomic E-state index is 12.1. The number of fused-ring (bicyclic) bond motifs is 1. The zero-order valence-corrected chi connectivity index (χ0v) is 17.2. The van der Waals surface area contributed by atoms with Crippen LogP contribution in [0.3, 0.4) is 0 Å². The minimum Gasteiger partial charge on any atom is -0.479 e. The number of anilines is 2. The SMILES string of the molecule is CC1Oc2ccc(NC(c3ccc(C(C)(C)C)cc3)P(=O)(O)O)cc2NC1=O. The standard InChI is InChI=1S/C20H25N2O5P/c1-12-18(23)22-16-11-15(9-10-17(16)27-12)21-19(28(24,25)26)13-5-7-14(8-6-13)20(2,3)4/h5-12,19,21H,1-4H3,(H,22,23)(H2,24,25,26). The minimum absolute atomic E-state index is 0.0581. The predicted molar refractivity (Wildman–Crippen MR) is 109 cm³/mol. The number of hydrogen-bond donors (Lipinski definition) is 4. The fraction of sp³-hybridized carbons (Fsp3) is 0.350. The van der Waals surface area contributed by atoms with Crippen LogP contribution in [-0.2, 0) is 14.8 Å². The molecule has 150 valence electrons. The van der Waals surface area contributed by atoms with Gasteiger partial charge in [-0.2, -0.15) is 0 Å². The smallest absolute Gasteiger partial charge is 0.352 e. The van der Waals surface area contributed by atoms with Crippen molar-refractivity contribution in [1.82, 2.24) is 0 Å². The molecule has 0 saturated carbocycles. The lowest BCUT2D eigenvalue weighted by atomic mass is 9.87. The molecule has 0 saturated heterocycles. The molecule has 8 heteroatoms. The fourth-order valence-corrected chi connectivity index (χ4v) is 3.86. The first kappa shape index (κ1) is 20.4. The highest BCUT2D eigenvalue weighted by atomic mass is 31.2. The third kappa shape index (κ3) is 4.38. The van der Waals surface area contributed by atoms with E-state index in [1.807, 2.05) is 12.1 Å². The summed E-state index contributed by atoms with van der Waals surface area (Å²) in [4.78, 5) is 31.6. The van der Waals surface area contributed by atoms with Crippen molar-refractivity contribution in [2.45, 2.75) is 45.0 Å². The number of carbonyl (C=O) groups is 1. The van der Waals surface area contributed by atoms with Crippen LogP contribution in [0, 0.1) is 0 Å². The van der Waals surface area contributed by atoms with E-state index < -0.39 is 19.5 Å². The monoisotopic (exact) mass is 404 g/mol. The summed E-state index contributed by atoms with van der Waals surface area (Å²) in [6.07, 6.45) is -0.588. The number of carbonyl (C=O) groups excluding carboxylic acids is 1. The van der Waals surface area contributed by atoms with Gasteiger partial charge in [-0.25, -0.2) is 0 Å². The first-order valence-corrected chi connectivity index (χ1v) is 10.7. The highest BCUT2D eigenvalue weighted by Gasteiger charge is 2.31. The average Bonchev–Trinajstić information content (AvgIpc) is 2.59. The molecule has 0 spiro atoms. The Balaban J connectivity index is 1.89. The van der Waals surface area contributed by atoms with Crippen LogP contribution in [-0.4, -0.2) is 21.8 Å². The topological polar surface area (TPSA) is 108 Å². The zero-order chi connectivity index (χ0) is 20.7. The molecule has 2 unspecified atom stereocenters. The van der Waals surface area contributed by atoms with E-state index in [0.717, 1.165) is 5.56 Å². The molecular weight excluding hydrogens is 379 g/mol. The average molecular weight is 404 g/mol. The predicted octanol–water partition coefficient (Wildman–Crippen LogP) is 3.99. The van der Waals surface area contributed by atoms with Crippen molar-refractivity contribution in [2.75, 3.05) is 10.6 Å². The largest absolute Gasteiger partial charge is 0.479 e. The van der Waals surface area contributed by atoms with Crippen molar-refractivity contribution in [3.05, 3.63) is 53.6 Å². The van der Waals surface area contributed by atoms with Crippen molar-refractivity contribution >= 4 is 24.9 Å². The number of nitrogens with one attached hydrogen (secondary N) is 2. The lowest BCUT2D eigenvalue weighted by molar-refractivity contribution is -0.122. The Kier molecular flexibility index (Phi) is 5.28. The molecule has 2 atom stereocenters. The molecule has 0 bridgehead atoms. The van der Waals surface area contributed by atoms with Crippen molar-refractivity contribution < 1.29 is 23.9 Å². The summed E-state index contributed by atoms with van der Waals surface area (Å²) in [6.45, 7) is 7.87. The van der Waals surface area contributed by atoms with Gasteiger partial charge in [0.15, 0.2) is 11.9 Å². The van der Waals surface area contributed by atoms with Crippen LogP contribution in [0.2, 0.25) is 0 Å². The van der Waals surface area contributed by atoms with E-state index in [-0.39, 0.29) is 11.3 Å². The van der Waals surface area contributed by atoms with Gasteiger partial charge < -0.3 is 25.2 Å². The minimum atomic E-state index is -4.50. The van der Waals surface area contributed by atoms with E-state index in [4.69, 9.17) is 4.74 Å². The van der Waals surface area contributed by atoms with Gasteiger partial charge in [0.25, 0.3) is 5.91 Å². The lowest BCUT2D eigenvalue weighted by Gasteiger charge is -2.26. The second-order valence-electron chi connectivity index (χ2n) is 7.97. The van der Waals surface area contributed by atoms with Crippen LogP contribution < -0.4 is 15.4 Å². The van der Waals surface area contributed by atoms with Crippen molar-refractivity contribution in [2.24, 2.45) is 0 Å². The number of amides is 1. The molecule has 4 N–H and O–H groups in total. The maximum absolute atomic E-state index is 12.1. The summed E-state index contributed by atoms with van der Waals surface area (Å²) in [5, 5.41) is 5.63. The molecule has 7 nitrogen and oxygen atoms in total. The van der Waals surface area contributed by atoms with Gasteiger partial charge in [0.05, 0.1) is 5.69 Å². The molecule has 0 aromatic heterocycles. The van der Waals surface area contributed by atoms with Gasteiger partial charge in [-0.1, -0.05) is 45.0 Å². The van der Waals surface area contributed by atoms with Gasteiger partial charge in [-0.05, 0) is 41.7 Å². The molecule has 1 aliphatic rings. The zero-order valence-electron chi connectivity index (χ0n) is 16.3. The molecule has 1 heterocycles. The van der Waals surface area contributed by atoms with Crippen molar-refractivity contribution in [3.63, 3.8) is 0 Å². The highest BCUT2D eigenvalue weighted by molar-refractivity contribution is 7.52. The van der Waals surface area contributed by atoms with Crippen LogP contribution in [0.15, 0.2) is 42.5 Å². The van der Waals surface area contributed by atoms with Gasteiger partial charge in [0, 0.05) is 5.69 Å². The van der Waals surface area contributed by atoms with E-state index in [0.29, 0.717) is 22.7 Å². The van der Waals surface area contributed by atoms with Gasteiger partial charge in [0.1, 0.15) is 5.75 Å². The van der Waals surface area contributed by atoms with E-state index in [1.165, 1.54) is 0 Å². The molecule has 3 rings (SSSR count). The third-order valence-corrected chi connectivity index (χ3v) is 5.74. The summed E-state index contributed by atoms with van der Waals surface area (Å²) in [5.74, 6) is -0.965. The molecule has 2 aromatic carbocycles. The van der Waals surface area contributed by atoms with Crippen molar-refractivity contribution in [1.29, 1.82) is 0 Å². The number of ether oxygens (including phenoxy) is 1. The van der Waals surface area contributed by atoms with Gasteiger partial charge in [-0.3, -0.25) is 9.36 Å². The number of hydrogen-bond acceptors (Lipinski definition) is 4. The summed E-state index contributed by atoms with van der Waals surface area (Å²) in [6, 6.07) is 12.1. The summed E-state index contributed by atoms with van der Waals surface area (Å²) >= 11 is 0. The van der Waals surface area contributed by atoms with Crippen LogP contribution in [0.5, 0.6) is 5.75 Å². The normalized spacial score (nSPS) is 17.9. The van der Waals surface area contributed by atoms with E-state index in [9.17, 15) is 19.1 Å². The van der Waals surface area contributed by atoms with Gasteiger partial charge >= 0.3 is 7.60 Å². The molecule has 0 aliphatic carbocycles. The summed E-state index contributed by atoms with van der Waals surface area (Å²) in [7, 11) is -4.50. The Morgan fingerprint density at radius 3 is 2.36 bits per heavy atom. The third-order valence-electron chi connectivity index (χ3n) is 4.64. The molecule has 0 fully saturated rings. The maximum Gasteiger partial charge on any atom is 0.352 e. The second-order valence-corrected chi connectivity index (χ2v) is 9.66. The van der Waals surface area contributed by atoms with E-state index in [1.54, 1.807) is 37.3 Å². The Morgan fingerprint density at radius 2 is 1.79 bits per heavy atom. The Labute approximate surface area is 164 Å². The second kappa shape index (κ2) is 7.24. The van der Waals surface area contributed by atoms with Crippen LogP contribution in [0.25, 0.3) is 0 Å². The first-order chi connectivity index (χ1) is 12.9. The van der Waals surface area contributed by atoms with Crippen LogP contribution in [0.1, 0.15) is 44.6 Å². The molecule has 28 heavy (non-hydrogen) atoms. The Hall–Kier alpha value is -2.34. The van der Waals surface area contributed by atoms with E-state index in [2.05, 4.69) is 31.4 Å². The fourth-order valence-electron chi connectivity index (χ4n) is 2.98. The first-order valence-electron chi connectivity index (χ1n) is 8.99. The lowest BCUT2D eigenvalue weighted by Crippen LogP contribution is -2.34. The Morgan fingerprint density at radius 1 is 1.14 bits per heavy atom. The molecular formula is C20H25N2O5P. The van der Waals surface area contributed by atoms with Gasteiger partial charge in [0.2, 0.25) is 0 Å². The van der Waals surface area contributed by atoms with Gasteiger partial charge in [-0.15, -0.1) is 0 Å².